The second-order valence-corrected chi connectivity index (χ2v) is 6.66. The molecule has 1 aromatic rings. The van der Waals surface area contributed by atoms with E-state index in [4.69, 9.17) is 9.84 Å². The third-order valence-corrected chi connectivity index (χ3v) is 3.62. The van der Waals surface area contributed by atoms with Crippen LogP contribution in [0.4, 0.5) is 0 Å². The first kappa shape index (κ1) is 16.3. The van der Waals surface area contributed by atoms with Gasteiger partial charge in [-0.25, -0.2) is 4.79 Å². The van der Waals surface area contributed by atoms with E-state index < -0.39 is 11.6 Å². The largest absolute Gasteiger partial charge is 0.478 e. The number of rotatable bonds is 4. The van der Waals surface area contributed by atoms with E-state index in [0.29, 0.717) is 6.42 Å². The molecule has 1 aromatic carbocycles. The highest BCUT2D eigenvalue weighted by molar-refractivity contribution is 5.85. The lowest BCUT2D eigenvalue weighted by atomic mass is 9.96. The third kappa shape index (κ3) is 4.45. The summed E-state index contributed by atoms with van der Waals surface area (Å²) in [5.41, 5.74) is 2.79. The molecule has 0 saturated heterocycles. The molecular weight excluding hydrogens is 280 g/mol. The van der Waals surface area contributed by atoms with Crippen molar-refractivity contribution in [1.29, 1.82) is 0 Å². The summed E-state index contributed by atoms with van der Waals surface area (Å²) in [6, 6.07) is 5.90. The minimum atomic E-state index is -0.955. The van der Waals surface area contributed by atoms with E-state index in [9.17, 15) is 9.59 Å². The van der Waals surface area contributed by atoms with Crippen LogP contribution in [-0.2, 0) is 20.7 Å². The van der Waals surface area contributed by atoms with Gasteiger partial charge >= 0.3 is 11.9 Å². The van der Waals surface area contributed by atoms with Crippen LogP contribution in [-0.4, -0.2) is 22.6 Å². The maximum absolute atomic E-state index is 12.0. The summed E-state index contributed by atoms with van der Waals surface area (Å²) in [5, 5.41) is 8.66. The molecule has 0 radical (unpaired) electrons. The van der Waals surface area contributed by atoms with E-state index in [2.05, 4.69) is 0 Å². The Morgan fingerprint density at radius 2 is 2.09 bits per heavy atom. The van der Waals surface area contributed by atoms with Crippen molar-refractivity contribution in [3.63, 3.8) is 0 Å². The van der Waals surface area contributed by atoms with Gasteiger partial charge in [0, 0.05) is 6.08 Å². The molecule has 0 aliphatic heterocycles. The predicted molar refractivity (Wildman–Crippen MR) is 84.6 cm³/mol. The van der Waals surface area contributed by atoms with Crippen molar-refractivity contribution < 1.29 is 19.4 Å². The molecule has 1 N–H and O–H groups in total. The number of carbonyl (C=O) groups is 2. The van der Waals surface area contributed by atoms with Gasteiger partial charge in [0.25, 0.3) is 0 Å². The van der Waals surface area contributed by atoms with Crippen LogP contribution in [0.3, 0.4) is 0 Å². The van der Waals surface area contributed by atoms with E-state index in [1.807, 2.05) is 39.0 Å². The number of aryl methyl sites for hydroxylation is 1. The van der Waals surface area contributed by atoms with Gasteiger partial charge in [-0.05, 0) is 62.3 Å². The van der Waals surface area contributed by atoms with E-state index >= 15 is 0 Å². The first-order valence-electron chi connectivity index (χ1n) is 7.50. The third-order valence-electron chi connectivity index (χ3n) is 3.62. The Hall–Kier alpha value is -2.10. The number of carboxylic acid groups (broad SMARTS) is 1. The molecule has 0 heterocycles. The molecule has 0 bridgehead atoms. The van der Waals surface area contributed by atoms with Gasteiger partial charge < -0.3 is 9.84 Å². The van der Waals surface area contributed by atoms with E-state index in [0.717, 1.165) is 24.5 Å². The Kier molecular flexibility index (Phi) is 4.69. The fourth-order valence-electron chi connectivity index (χ4n) is 2.79. The number of carbonyl (C=O) groups excluding carboxylic acids is 1. The van der Waals surface area contributed by atoms with Crippen molar-refractivity contribution in [1.82, 2.24) is 0 Å². The Bertz CT molecular complexity index is 608. The highest BCUT2D eigenvalue weighted by Crippen LogP contribution is 2.36. The van der Waals surface area contributed by atoms with E-state index in [-0.39, 0.29) is 11.9 Å². The number of aliphatic carboxylic acids is 1. The summed E-state index contributed by atoms with van der Waals surface area (Å²) in [4.78, 5) is 22.5. The number of hydrogen-bond acceptors (Lipinski definition) is 3. The molecule has 2 rings (SSSR count). The predicted octanol–water partition coefficient (Wildman–Crippen LogP) is 3.55. The second kappa shape index (κ2) is 6.34. The normalized spacial score (nSPS) is 17.5. The number of ether oxygens (including phenoxy) is 1. The molecule has 0 aromatic heterocycles. The van der Waals surface area contributed by atoms with E-state index in [1.165, 1.54) is 11.1 Å². The average Bonchev–Trinajstić information content (AvgIpc) is 2.76. The zero-order valence-electron chi connectivity index (χ0n) is 13.3. The number of fused-ring (bicyclic) bond motifs is 1. The number of carboxylic acids is 1. The van der Waals surface area contributed by atoms with Crippen molar-refractivity contribution in [3.05, 3.63) is 41.0 Å². The second-order valence-electron chi connectivity index (χ2n) is 6.66. The van der Waals surface area contributed by atoms with Crippen molar-refractivity contribution >= 4 is 18.0 Å². The van der Waals surface area contributed by atoms with Gasteiger partial charge in [-0.3, -0.25) is 4.79 Å². The van der Waals surface area contributed by atoms with Crippen LogP contribution in [0.15, 0.2) is 24.3 Å². The molecular formula is C18H22O4. The van der Waals surface area contributed by atoms with Crippen LogP contribution in [0.2, 0.25) is 0 Å². The maximum Gasteiger partial charge on any atom is 0.328 e. The summed E-state index contributed by atoms with van der Waals surface area (Å²) in [6.07, 6.45) is 4.96. The molecule has 0 amide bonds. The monoisotopic (exact) mass is 302 g/mol. The first-order chi connectivity index (χ1) is 10.2. The molecule has 118 valence electrons. The average molecular weight is 302 g/mol. The van der Waals surface area contributed by atoms with Crippen LogP contribution in [0.25, 0.3) is 6.08 Å². The molecule has 22 heavy (non-hydrogen) atoms. The molecule has 0 fully saturated rings. The van der Waals surface area contributed by atoms with Gasteiger partial charge in [-0.1, -0.05) is 18.2 Å². The van der Waals surface area contributed by atoms with Crippen molar-refractivity contribution in [2.24, 2.45) is 0 Å². The lowest BCUT2D eigenvalue weighted by Gasteiger charge is -2.21. The number of hydrogen-bond donors (Lipinski definition) is 1. The Balaban J connectivity index is 2.07. The molecule has 1 aliphatic rings. The van der Waals surface area contributed by atoms with Crippen molar-refractivity contribution in [2.45, 2.75) is 51.6 Å². The summed E-state index contributed by atoms with van der Waals surface area (Å²) in [5.74, 6) is -0.925. The Morgan fingerprint density at radius 1 is 1.36 bits per heavy atom. The van der Waals surface area contributed by atoms with Gasteiger partial charge in [0.15, 0.2) is 0 Å². The SMILES string of the molecule is CC(C)(C)OC(=O)CC1CCc2cc(/C=C/C(=O)O)ccc21. The topological polar surface area (TPSA) is 63.6 Å². The quantitative estimate of drug-likeness (QED) is 0.682. The van der Waals surface area contributed by atoms with Gasteiger partial charge in [0.1, 0.15) is 5.60 Å². The maximum atomic E-state index is 12.0. The molecule has 0 spiro atoms. The molecule has 0 saturated carbocycles. The molecule has 4 nitrogen and oxygen atoms in total. The fraction of sp³-hybridized carbons (Fsp3) is 0.444. The van der Waals surface area contributed by atoms with Crippen LogP contribution in [0, 0.1) is 0 Å². The highest BCUT2D eigenvalue weighted by atomic mass is 16.6. The Morgan fingerprint density at radius 3 is 2.73 bits per heavy atom. The zero-order chi connectivity index (χ0) is 16.3. The number of esters is 1. The van der Waals surface area contributed by atoms with E-state index in [1.54, 1.807) is 6.08 Å². The van der Waals surface area contributed by atoms with Crippen molar-refractivity contribution in [3.8, 4) is 0 Å². The fourth-order valence-corrected chi connectivity index (χ4v) is 2.79. The van der Waals surface area contributed by atoms with Gasteiger partial charge in [0.2, 0.25) is 0 Å². The first-order valence-corrected chi connectivity index (χ1v) is 7.50. The number of benzene rings is 1. The molecule has 1 unspecified atom stereocenters. The molecule has 1 atom stereocenters. The summed E-state index contributed by atoms with van der Waals surface area (Å²) in [7, 11) is 0. The Labute approximate surface area is 130 Å². The lowest BCUT2D eigenvalue weighted by Crippen LogP contribution is -2.24. The van der Waals surface area contributed by atoms with Gasteiger partial charge in [-0.15, -0.1) is 0 Å². The smallest absolute Gasteiger partial charge is 0.328 e. The summed E-state index contributed by atoms with van der Waals surface area (Å²) >= 11 is 0. The lowest BCUT2D eigenvalue weighted by molar-refractivity contribution is -0.155. The van der Waals surface area contributed by atoms with Crippen LogP contribution >= 0.6 is 0 Å². The van der Waals surface area contributed by atoms with Crippen LogP contribution < -0.4 is 0 Å². The summed E-state index contributed by atoms with van der Waals surface area (Å²) < 4.78 is 5.39. The van der Waals surface area contributed by atoms with Gasteiger partial charge in [-0.2, -0.15) is 0 Å². The van der Waals surface area contributed by atoms with Crippen molar-refractivity contribution in [2.75, 3.05) is 0 Å². The standard InChI is InChI=1S/C18H22O4/c1-18(2,3)22-17(21)11-14-7-6-13-10-12(4-8-15(13)14)5-9-16(19)20/h4-5,8-10,14H,6-7,11H2,1-3H3,(H,19,20)/b9-5+. The molecule has 4 heteroatoms. The summed E-state index contributed by atoms with van der Waals surface area (Å²) in [6.45, 7) is 5.61. The van der Waals surface area contributed by atoms with Crippen LogP contribution in [0.5, 0.6) is 0 Å². The molecule has 1 aliphatic carbocycles. The minimum absolute atomic E-state index is 0.166. The highest BCUT2D eigenvalue weighted by Gasteiger charge is 2.27. The van der Waals surface area contributed by atoms with Gasteiger partial charge in [0.05, 0.1) is 6.42 Å². The van der Waals surface area contributed by atoms with Crippen LogP contribution in [0.1, 0.15) is 56.2 Å². The minimum Gasteiger partial charge on any atom is -0.478 e. The zero-order valence-corrected chi connectivity index (χ0v) is 13.3.